The van der Waals surface area contributed by atoms with Crippen LogP contribution in [0, 0.1) is 24.2 Å². The number of fused-ring (bicyclic) bond motifs is 1. The number of hydrogen-bond acceptors (Lipinski definition) is 6. The molecule has 1 atom stereocenters. The zero-order chi connectivity index (χ0) is 19.3. The van der Waals surface area contributed by atoms with Gasteiger partial charge in [-0.3, -0.25) is 9.59 Å². The van der Waals surface area contributed by atoms with Gasteiger partial charge in [0.1, 0.15) is 4.83 Å². The lowest BCUT2D eigenvalue weighted by Gasteiger charge is -2.14. The Morgan fingerprint density at radius 1 is 1.50 bits per heavy atom. The third-order valence-corrected chi connectivity index (χ3v) is 6.31. The molecule has 2 aromatic rings. The number of thioether (sulfide) groups is 1. The van der Waals surface area contributed by atoms with Crippen LogP contribution in [0.5, 0.6) is 0 Å². The third kappa shape index (κ3) is 4.86. The number of carbonyl (C=O) groups is 1. The molecule has 0 unspecified atom stereocenters. The highest BCUT2D eigenvalue weighted by atomic mass is 32.2. The largest absolute Gasteiger partial charge is 0.344 e. The SMILES string of the molecule is CC[C@@H](C)Cc1c(C)sc2nc(SCC(=O)N(C)CCC#N)[nH]c(=O)c12. The molecule has 2 heterocycles. The van der Waals surface area contributed by atoms with Gasteiger partial charge in [-0.1, -0.05) is 32.0 Å². The highest BCUT2D eigenvalue weighted by Crippen LogP contribution is 2.30. The molecule has 0 spiro atoms. The second-order valence-electron chi connectivity index (χ2n) is 6.42. The number of aryl methyl sites for hydroxylation is 1. The quantitative estimate of drug-likeness (QED) is 0.550. The summed E-state index contributed by atoms with van der Waals surface area (Å²) in [6.07, 6.45) is 2.25. The van der Waals surface area contributed by atoms with Crippen LogP contribution in [0.1, 0.15) is 37.1 Å². The topological polar surface area (TPSA) is 89.8 Å². The fraction of sp³-hybridized carbons (Fsp3) is 0.556. The summed E-state index contributed by atoms with van der Waals surface area (Å²) in [4.78, 5) is 35.4. The standard InChI is InChI=1S/C18H24N4O2S2/c1-5-11(2)9-13-12(3)26-17-15(13)16(24)20-18(21-17)25-10-14(23)22(4)8-6-7-19/h11H,5-6,8-10H2,1-4H3,(H,20,21,24)/t11-/m1/s1. The number of carbonyl (C=O) groups excluding carboxylic acids is 1. The lowest BCUT2D eigenvalue weighted by Crippen LogP contribution is -2.29. The van der Waals surface area contributed by atoms with Crippen molar-refractivity contribution < 1.29 is 4.79 Å². The fourth-order valence-electron chi connectivity index (χ4n) is 2.55. The minimum atomic E-state index is -0.134. The van der Waals surface area contributed by atoms with E-state index in [4.69, 9.17) is 5.26 Å². The first-order valence-electron chi connectivity index (χ1n) is 8.63. The van der Waals surface area contributed by atoms with E-state index >= 15 is 0 Å². The van der Waals surface area contributed by atoms with Crippen LogP contribution in [0.15, 0.2) is 9.95 Å². The average molecular weight is 393 g/mol. The zero-order valence-electron chi connectivity index (χ0n) is 15.6. The number of nitrogens with one attached hydrogen (secondary N) is 1. The molecular weight excluding hydrogens is 368 g/mol. The molecule has 0 aliphatic heterocycles. The van der Waals surface area contributed by atoms with Crippen molar-refractivity contribution in [2.24, 2.45) is 5.92 Å². The van der Waals surface area contributed by atoms with Crippen LogP contribution in [0.2, 0.25) is 0 Å². The number of aromatic nitrogens is 2. The Balaban J connectivity index is 2.18. The summed E-state index contributed by atoms with van der Waals surface area (Å²) in [7, 11) is 1.67. The molecule has 0 aliphatic rings. The maximum absolute atomic E-state index is 12.6. The van der Waals surface area contributed by atoms with E-state index in [0.29, 0.717) is 29.4 Å². The molecule has 8 heteroatoms. The van der Waals surface area contributed by atoms with Gasteiger partial charge < -0.3 is 9.88 Å². The number of nitriles is 1. The van der Waals surface area contributed by atoms with Crippen LogP contribution in [0.3, 0.4) is 0 Å². The van der Waals surface area contributed by atoms with E-state index in [9.17, 15) is 9.59 Å². The summed E-state index contributed by atoms with van der Waals surface area (Å²) in [5.74, 6) is 0.606. The van der Waals surface area contributed by atoms with Gasteiger partial charge in [0.05, 0.1) is 23.6 Å². The van der Waals surface area contributed by atoms with Crippen molar-refractivity contribution in [1.29, 1.82) is 5.26 Å². The number of amides is 1. The van der Waals surface area contributed by atoms with Crippen LogP contribution in [-0.4, -0.2) is 40.1 Å². The lowest BCUT2D eigenvalue weighted by atomic mass is 9.98. The minimum Gasteiger partial charge on any atom is -0.344 e. The predicted octanol–water partition coefficient (Wildman–Crippen LogP) is 3.35. The molecule has 0 aromatic carbocycles. The summed E-state index contributed by atoms with van der Waals surface area (Å²) >= 11 is 2.75. The number of nitrogens with zero attached hydrogens (tertiary/aromatic N) is 3. The molecule has 0 saturated carbocycles. The summed E-state index contributed by atoms with van der Waals surface area (Å²) < 4.78 is 0. The monoisotopic (exact) mass is 392 g/mol. The van der Waals surface area contributed by atoms with Gasteiger partial charge in [-0.05, 0) is 24.8 Å². The smallest absolute Gasteiger partial charge is 0.260 e. The van der Waals surface area contributed by atoms with E-state index in [0.717, 1.165) is 28.1 Å². The molecule has 0 aliphatic carbocycles. The second-order valence-corrected chi connectivity index (χ2v) is 8.58. The summed E-state index contributed by atoms with van der Waals surface area (Å²) in [5, 5.41) is 9.74. The van der Waals surface area contributed by atoms with Crippen molar-refractivity contribution in [2.45, 2.75) is 45.2 Å². The number of hydrogen-bond donors (Lipinski definition) is 1. The van der Waals surface area contributed by atoms with E-state index in [-0.39, 0.29) is 17.2 Å². The first kappa shape index (κ1) is 20.5. The molecule has 0 radical (unpaired) electrons. The third-order valence-electron chi connectivity index (χ3n) is 4.41. The van der Waals surface area contributed by atoms with Gasteiger partial charge in [0.2, 0.25) is 5.91 Å². The Labute approximate surface area is 161 Å². The number of H-pyrrole nitrogens is 1. The molecule has 2 rings (SSSR count). The molecule has 1 N–H and O–H groups in total. The Bertz CT molecular complexity index is 882. The lowest BCUT2D eigenvalue weighted by molar-refractivity contribution is -0.127. The minimum absolute atomic E-state index is 0.0900. The maximum atomic E-state index is 12.6. The van der Waals surface area contributed by atoms with Gasteiger partial charge in [0.25, 0.3) is 5.56 Å². The van der Waals surface area contributed by atoms with Gasteiger partial charge in [-0.25, -0.2) is 4.98 Å². The Morgan fingerprint density at radius 3 is 2.88 bits per heavy atom. The molecule has 140 valence electrons. The van der Waals surface area contributed by atoms with Crippen molar-refractivity contribution in [3.05, 3.63) is 20.8 Å². The number of thiophene rings is 1. The van der Waals surface area contributed by atoms with E-state index < -0.39 is 0 Å². The van der Waals surface area contributed by atoms with Gasteiger partial charge in [-0.15, -0.1) is 11.3 Å². The van der Waals surface area contributed by atoms with Crippen LogP contribution in [-0.2, 0) is 11.2 Å². The molecule has 1 amide bonds. The first-order chi connectivity index (χ1) is 12.4. The number of aromatic amines is 1. The Hall–Kier alpha value is -1.85. The van der Waals surface area contributed by atoms with Crippen molar-refractivity contribution >= 4 is 39.2 Å². The second kappa shape index (κ2) is 9.19. The van der Waals surface area contributed by atoms with Crippen molar-refractivity contribution in [3.8, 4) is 6.07 Å². The highest BCUT2D eigenvalue weighted by Gasteiger charge is 2.17. The average Bonchev–Trinajstić information content (AvgIpc) is 2.93. The van der Waals surface area contributed by atoms with Gasteiger partial charge >= 0.3 is 0 Å². The van der Waals surface area contributed by atoms with Crippen LogP contribution in [0.25, 0.3) is 10.2 Å². The fourth-order valence-corrected chi connectivity index (χ4v) is 4.46. The zero-order valence-corrected chi connectivity index (χ0v) is 17.2. The predicted molar refractivity (Wildman–Crippen MR) is 107 cm³/mol. The van der Waals surface area contributed by atoms with Crippen LogP contribution in [0.4, 0.5) is 0 Å². The normalized spacial score (nSPS) is 12.1. The van der Waals surface area contributed by atoms with Gasteiger partial charge in [-0.2, -0.15) is 5.26 Å². The Morgan fingerprint density at radius 2 is 2.23 bits per heavy atom. The molecule has 2 aromatic heterocycles. The van der Waals surface area contributed by atoms with Crippen molar-refractivity contribution in [3.63, 3.8) is 0 Å². The molecule has 0 fully saturated rings. The highest BCUT2D eigenvalue weighted by molar-refractivity contribution is 7.99. The maximum Gasteiger partial charge on any atom is 0.260 e. The molecule has 0 bridgehead atoms. The summed E-state index contributed by atoms with van der Waals surface area (Å²) in [5.41, 5.74) is 0.961. The molecule has 0 saturated heterocycles. The van der Waals surface area contributed by atoms with E-state index in [2.05, 4.69) is 23.8 Å². The number of rotatable bonds is 8. The summed E-state index contributed by atoms with van der Waals surface area (Å²) in [6.45, 7) is 6.77. The van der Waals surface area contributed by atoms with Crippen LogP contribution < -0.4 is 5.56 Å². The van der Waals surface area contributed by atoms with Crippen LogP contribution >= 0.6 is 23.1 Å². The van der Waals surface area contributed by atoms with E-state index in [1.54, 1.807) is 7.05 Å². The van der Waals surface area contributed by atoms with E-state index in [1.807, 2.05) is 13.0 Å². The summed E-state index contributed by atoms with van der Waals surface area (Å²) in [6, 6.07) is 2.02. The Kier molecular flexibility index (Phi) is 7.23. The van der Waals surface area contributed by atoms with Crippen molar-refractivity contribution in [2.75, 3.05) is 19.3 Å². The molecular formula is C18H24N4O2S2. The van der Waals surface area contributed by atoms with Gasteiger partial charge in [0.15, 0.2) is 5.16 Å². The van der Waals surface area contributed by atoms with Gasteiger partial charge in [0, 0.05) is 18.5 Å². The van der Waals surface area contributed by atoms with Crippen molar-refractivity contribution in [1.82, 2.24) is 14.9 Å². The molecule has 26 heavy (non-hydrogen) atoms. The molecule has 6 nitrogen and oxygen atoms in total. The van der Waals surface area contributed by atoms with E-state index in [1.165, 1.54) is 28.0 Å². The first-order valence-corrected chi connectivity index (χ1v) is 10.4.